The molecule has 0 radical (unpaired) electrons. The lowest BCUT2D eigenvalue weighted by molar-refractivity contribution is -0.122. The molecule has 1 heterocycles. The van der Waals surface area contributed by atoms with E-state index in [9.17, 15) is 9.59 Å². The fourth-order valence-corrected chi connectivity index (χ4v) is 2.74. The molecule has 2 aromatic carbocycles. The van der Waals surface area contributed by atoms with Gasteiger partial charge in [0.25, 0.3) is 0 Å². The normalized spacial score (nSPS) is 16.9. The van der Waals surface area contributed by atoms with Crippen molar-refractivity contribution in [2.75, 3.05) is 18.1 Å². The number of nitrogens with one attached hydrogen (secondary N) is 1. The summed E-state index contributed by atoms with van der Waals surface area (Å²) in [6, 6.07) is 18.7. The summed E-state index contributed by atoms with van der Waals surface area (Å²) in [5.41, 5.74) is 0.867. The molecule has 0 spiro atoms. The molecule has 0 bridgehead atoms. The molecule has 5 heteroatoms. The SMILES string of the molecule is O=C(CCOc1ccccc1)NC1CC(=O)N(c2ccccc2)C1. The van der Waals surface area contributed by atoms with Gasteiger partial charge in [-0.1, -0.05) is 36.4 Å². The Morgan fingerprint density at radius 1 is 1.08 bits per heavy atom. The second-order valence-corrected chi connectivity index (χ2v) is 5.72. The van der Waals surface area contributed by atoms with E-state index in [0.29, 0.717) is 19.6 Å². The third-order valence-electron chi connectivity index (χ3n) is 3.90. The number of anilines is 1. The summed E-state index contributed by atoms with van der Waals surface area (Å²) in [5.74, 6) is 0.683. The quantitative estimate of drug-likeness (QED) is 0.887. The Labute approximate surface area is 141 Å². The van der Waals surface area contributed by atoms with Crippen molar-refractivity contribution < 1.29 is 14.3 Å². The summed E-state index contributed by atoms with van der Waals surface area (Å²) in [6.07, 6.45) is 0.602. The molecule has 5 nitrogen and oxygen atoms in total. The number of nitrogens with zero attached hydrogens (tertiary/aromatic N) is 1. The summed E-state index contributed by atoms with van der Waals surface area (Å²) in [6.45, 7) is 0.826. The van der Waals surface area contributed by atoms with Crippen LogP contribution in [0.4, 0.5) is 5.69 Å². The van der Waals surface area contributed by atoms with E-state index in [0.717, 1.165) is 11.4 Å². The Hall–Kier alpha value is -2.82. The van der Waals surface area contributed by atoms with E-state index in [1.165, 1.54) is 0 Å². The zero-order valence-electron chi connectivity index (χ0n) is 13.4. The molecule has 0 saturated carbocycles. The van der Waals surface area contributed by atoms with Gasteiger partial charge in [-0.25, -0.2) is 0 Å². The number of benzene rings is 2. The minimum absolute atomic E-state index is 0.0343. The average molecular weight is 324 g/mol. The number of amides is 2. The first-order valence-electron chi connectivity index (χ1n) is 8.05. The van der Waals surface area contributed by atoms with Crippen LogP contribution in [0, 0.1) is 0 Å². The van der Waals surface area contributed by atoms with E-state index in [-0.39, 0.29) is 24.3 Å². The highest BCUT2D eigenvalue weighted by Crippen LogP contribution is 2.21. The predicted octanol–water partition coefficient (Wildman–Crippen LogP) is 2.38. The van der Waals surface area contributed by atoms with Gasteiger partial charge in [-0.15, -0.1) is 0 Å². The lowest BCUT2D eigenvalue weighted by atomic mass is 10.2. The van der Waals surface area contributed by atoms with Crippen molar-refractivity contribution in [2.45, 2.75) is 18.9 Å². The van der Waals surface area contributed by atoms with Gasteiger partial charge in [0.05, 0.1) is 19.1 Å². The van der Waals surface area contributed by atoms with E-state index >= 15 is 0 Å². The minimum Gasteiger partial charge on any atom is -0.493 e. The number of hydrogen-bond acceptors (Lipinski definition) is 3. The van der Waals surface area contributed by atoms with Crippen molar-refractivity contribution in [2.24, 2.45) is 0 Å². The van der Waals surface area contributed by atoms with Crippen LogP contribution in [0.25, 0.3) is 0 Å². The number of carbonyl (C=O) groups is 2. The first-order chi connectivity index (χ1) is 11.7. The van der Waals surface area contributed by atoms with Crippen molar-refractivity contribution in [1.82, 2.24) is 5.32 Å². The second kappa shape index (κ2) is 7.64. The fraction of sp³-hybridized carbons (Fsp3) is 0.263. The first kappa shape index (κ1) is 16.1. The van der Waals surface area contributed by atoms with Gasteiger partial charge in [0.1, 0.15) is 5.75 Å². The maximum Gasteiger partial charge on any atom is 0.229 e. The molecule has 0 aromatic heterocycles. The van der Waals surface area contributed by atoms with Crippen LogP contribution in [-0.4, -0.2) is 31.0 Å². The first-order valence-corrected chi connectivity index (χ1v) is 8.05. The van der Waals surface area contributed by atoms with Gasteiger partial charge in [0, 0.05) is 18.7 Å². The predicted molar refractivity (Wildman–Crippen MR) is 91.9 cm³/mol. The van der Waals surface area contributed by atoms with Crippen LogP contribution in [0.1, 0.15) is 12.8 Å². The van der Waals surface area contributed by atoms with Crippen molar-refractivity contribution in [3.8, 4) is 5.75 Å². The van der Waals surface area contributed by atoms with Crippen LogP contribution < -0.4 is 15.0 Å². The third-order valence-corrected chi connectivity index (χ3v) is 3.90. The number of hydrogen-bond donors (Lipinski definition) is 1. The third kappa shape index (κ3) is 4.13. The Morgan fingerprint density at radius 2 is 1.75 bits per heavy atom. The van der Waals surface area contributed by atoms with E-state index in [1.54, 1.807) is 4.90 Å². The number of para-hydroxylation sites is 2. The average Bonchev–Trinajstić information content (AvgIpc) is 2.97. The molecular formula is C19H20N2O3. The Morgan fingerprint density at radius 3 is 2.46 bits per heavy atom. The van der Waals surface area contributed by atoms with Crippen LogP contribution in [0.2, 0.25) is 0 Å². The van der Waals surface area contributed by atoms with Gasteiger partial charge in [-0.3, -0.25) is 9.59 Å². The monoisotopic (exact) mass is 324 g/mol. The summed E-state index contributed by atoms with van der Waals surface area (Å²) in [4.78, 5) is 25.8. The maximum absolute atomic E-state index is 12.1. The minimum atomic E-state index is -0.151. The maximum atomic E-state index is 12.1. The van der Waals surface area contributed by atoms with Gasteiger partial charge >= 0.3 is 0 Å². The summed E-state index contributed by atoms with van der Waals surface area (Å²) >= 11 is 0. The molecular weight excluding hydrogens is 304 g/mol. The Balaban J connectivity index is 1.45. The van der Waals surface area contributed by atoms with E-state index in [2.05, 4.69) is 5.32 Å². The zero-order valence-corrected chi connectivity index (χ0v) is 13.4. The lowest BCUT2D eigenvalue weighted by Crippen LogP contribution is -2.37. The standard InChI is InChI=1S/C19H20N2O3/c22-18(11-12-24-17-9-5-2-6-10-17)20-15-13-19(23)21(14-15)16-7-3-1-4-8-16/h1-10,15H,11-14H2,(H,20,22). The van der Waals surface area contributed by atoms with Gasteiger partial charge < -0.3 is 15.0 Å². The molecule has 3 rings (SSSR count). The molecule has 2 amide bonds. The number of ether oxygens (including phenoxy) is 1. The van der Waals surface area contributed by atoms with Crippen molar-refractivity contribution in [3.63, 3.8) is 0 Å². The number of rotatable bonds is 6. The van der Waals surface area contributed by atoms with Crippen molar-refractivity contribution in [1.29, 1.82) is 0 Å². The van der Waals surface area contributed by atoms with Crippen LogP contribution >= 0.6 is 0 Å². The summed E-state index contributed by atoms with van der Waals surface area (Å²) in [5, 5.41) is 2.91. The molecule has 24 heavy (non-hydrogen) atoms. The van der Waals surface area contributed by atoms with E-state index in [1.807, 2.05) is 60.7 Å². The highest BCUT2D eigenvalue weighted by atomic mass is 16.5. The zero-order chi connectivity index (χ0) is 16.8. The molecule has 1 aliphatic heterocycles. The van der Waals surface area contributed by atoms with Crippen LogP contribution in [0.15, 0.2) is 60.7 Å². The molecule has 1 atom stereocenters. The Bertz CT molecular complexity index is 688. The molecule has 1 aliphatic rings. The molecule has 1 fully saturated rings. The lowest BCUT2D eigenvalue weighted by Gasteiger charge is -2.17. The van der Waals surface area contributed by atoms with Crippen LogP contribution in [0.5, 0.6) is 5.75 Å². The summed E-state index contributed by atoms with van der Waals surface area (Å²) in [7, 11) is 0. The molecule has 0 aliphatic carbocycles. The van der Waals surface area contributed by atoms with Crippen molar-refractivity contribution >= 4 is 17.5 Å². The Kier molecular flexibility index (Phi) is 5.11. The topological polar surface area (TPSA) is 58.6 Å². The molecule has 1 saturated heterocycles. The van der Waals surface area contributed by atoms with Gasteiger partial charge in [-0.2, -0.15) is 0 Å². The van der Waals surface area contributed by atoms with E-state index < -0.39 is 0 Å². The summed E-state index contributed by atoms with van der Waals surface area (Å²) < 4.78 is 5.51. The number of carbonyl (C=O) groups excluding carboxylic acids is 2. The highest BCUT2D eigenvalue weighted by molar-refractivity contribution is 5.96. The molecule has 1 unspecified atom stereocenters. The fourth-order valence-electron chi connectivity index (χ4n) is 2.74. The van der Waals surface area contributed by atoms with Crippen LogP contribution in [0.3, 0.4) is 0 Å². The smallest absolute Gasteiger partial charge is 0.229 e. The highest BCUT2D eigenvalue weighted by Gasteiger charge is 2.31. The van der Waals surface area contributed by atoms with E-state index in [4.69, 9.17) is 4.74 Å². The second-order valence-electron chi connectivity index (χ2n) is 5.72. The van der Waals surface area contributed by atoms with Gasteiger partial charge in [-0.05, 0) is 24.3 Å². The molecule has 1 N–H and O–H groups in total. The van der Waals surface area contributed by atoms with Gasteiger partial charge in [0.2, 0.25) is 11.8 Å². The molecule has 2 aromatic rings. The largest absolute Gasteiger partial charge is 0.493 e. The molecule has 124 valence electrons. The van der Waals surface area contributed by atoms with Gasteiger partial charge in [0.15, 0.2) is 0 Å². The van der Waals surface area contributed by atoms with Crippen LogP contribution in [-0.2, 0) is 9.59 Å². The van der Waals surface area contributed by atoms with Crippen molar-refractivity contribution in [3.05, 3.63) is 60.7 Å².